The van der Waals surface area contributed by atoms with Gasteiger partial charge in [0.25, 0.3) is 0 Å². The number of rotatable bonds is 4. The molecule has 0 atom stereocenters. The molecule has 4 heteroatoms. The average Bonchev–Trinajstić information content (AvgIpc) is 2.82. The molecule has 0 bridgehead atoms. The molecule has 2 rings (SSSR count). The van der Waals surface area contributed by atoms with Gasteiger partial charge < -0.3 is 5.32 Å². The second kappa shape index (κ2) is 5.78. The van der Waals surface area contributed by atoms with Crippen molar-refractivity contribution in [3.05, 3.63) is 45.7 Å². The lowest BCUT2D eigenvalue weighted by atomic mass is 10.1. The Balaban J connectivity index is 2.06. The number of aryl methyl sites for hydroxylation is 2. The zero-order chi connectivity index (χ0) is 14.0. The highest BCUT2D eigenvalue weighted by molar-refractivity contribution is 9.10. The summed E-state index contributed by atoms with van der Waals surface area (Å²) in [5.41, 5.74) is 4.69. The van der Waals surface area contributed by atoms with Gasteiger partial charge in [-0.2, -0.15) is 5.10 Å². The molecule has 0 aliphatic heterocycles. The maximum Gasteiger partial charge on any atom is 0.0815 e. The maximum atomic E-state index is 4.53. The molecule has 0 radical (unpaired) electrons. The standard InChI is InChI=1S/C15H20BrN3/c1-10(2)19-6-5-13(18-19)9-17-14-7-11(3)15(16)12(4)8-14/h5-8,10,17H,9H2,1-4H3. The first-order valence-electron chi connectivity index (χ1n) is 6.52. The summed E-state index contributed by atoms with van der Waals surface area (Å²) < 4.78 is 3.16. The van der Waals surface area contributed by atoms with Gasteiger partial charge in [0.15, 0.2) is 0 Å². The van der Waals surface area contributed by atoms with Gasteiger partial charge in [0.1, 0.15) is 0 Å². The summed E-state index contributed by atoms with van der Waals surface area (Å²) in [4.78, 5) is 0. The molecule has 1 aromatic heterocycles. The molecule has 0 spiro atoms. The zero-order valence-corrected chi connectivity index (χ0v) is 13.5. The Kier molecular flexibility index (Phi) is 4.30. The molecular weight excluding hydrogens is 302 g/mol. The molecule has 1 heterocycles. The van der Waals surface area contributed by atoms with E-state index in [1.807, 2.05) is 10.9 Å². The number of hydrogen-bond donors (Lipinski definition) is 1. The van der Waals surface area contributed by atoms with Crippen LogP contribution in [0.3, 0.4) is 0 Å². The summed E-state index contributed by atoms with van der Waals surface area (Å²) in [6.07, 6.45) is 2.03. The van der Waals surface area contributed by atoms with Gasteiger partial charge in [0, 0.05) is 22.4 Å². The highest BCUT2D eigenvalue weighted by atomic mass is 79.9. The van der Waals surface area contributed by atoms with Crippen molar-refractivity contribution in [3.63, 3.8) is 0 Å². The lowest BCUT2D eigenvalue weighted by Gasteiger charge is -2.10. The Labute approximate surface area is 123 Å². The summed E-state index contributed by atoms with van der Waals surface area (Å²) in [6, 6.07) is 6.77. The van der Waals surface area contributed by atoms with Crippen LogP contribution in [0.25, 0.3) is 0 Å². The number of benzene rings is 1. The molecule has 0 saturated carbocycles. The molecule has 0 fully saturated rings. The van der Waals surface area contributed by atoms with Gasteiger partial charge in [0.05, 0.1) is 12.2 Å². The number of aromatic nitrogens is 2. The first kappa shape index (κ1) is 14.1. The largest absolute Gasteiger partial charge is 0.379 e. The molecule has 19 heavy (non-hydrogen) atoms. The van der Waals surface area contributed by atoms with Crippen molar-refractivity contribution >= 4 is 21.6 Å². The predicted molar refractivity (Wildman–Crippen MR) is 83.6 cm³/mol. The quantitative estimate of drug-likeness (QED) is 0.901. The van der Waals surface area contributed by atoms with E-state index in [0.717, 1.165) is 17.9 Å². The lowest BCUT2D eigenvalue weighted by molar-refractivity contribution is 0.527. The minimum Gasteiger partial charge on any atom is -0.379 e. The van der Waals surface area contributed by atoms with Crippen LogP contribution in [0.5, 0.6) is 0 Å². The molecule has 1 aromatic carbocycles. The van der Waals surface area contributed by atoms with Crippen LogP contribution in [0.2, 0.25) is 0 Å². The van der Waals surface area contributed by atoms with Crippen molar-refractivity contribution in [1.29, 1.82) is 0 Å². The Hall–Kier alpha value is -1.29. The van der Waals surface area contributed by atoms with Gasteiger partial charge in [-0.1, -0.05) is 15.9 Å². The zero-order valence-electron chi connectivity index (χ0n) is 11.9. The number of halogens is 1. The fourth-order valence-corrected chi connectivity index (χ4v) is 2.23. The first-order valence-corrected chi connectivity index (χ1v) is 7.31. The fourth-order valence-electron chi connectivity index (χ4n) is 2.00. The summed E-state index contributed by atoms with van der Waals surface area (Å²) in [6.45, 7) is 9.23. The summed E-state index contributed by atoms with van der Waals surface area (Å²) >= 11 is 3.59. The summed E-state index contributed by atoms with van der Waals surface area (Å²) in [5.74, 6) is 0. The number of nitrogens with zero attached hydrogens (tertiary/aromatic N) is 2. The van der Waals surface area contributed by atoms with Crippen LogP contribution in [0.4, 0.5) is 5.69 Å². The molecular formula is C15H20BrN3. The third kappa shape index (κ3) is 3.38. The molecule has 0 aliphatic carbocycles. The van der Waals surface area contributed by atoms with E-state index in [4.69, 9.17) is 0 Å². The summed E-state index contributed by atoms with van der Waals surface area (Å²) in [5, 5.41) is 7.96. The highest BCUT2D eigenvalue weighted by Crippen LogP contribution is 2.25. The van der Waals surface area contributed by atoms with Crippen LogP contribution in [0.15, 0.2) is 28.9 Å². The third-order valence-electron chi connectivity index (χ3n) is 3.10. The second-order valence-corrected chi connectivity index (χ2v) is 5.95. The van der Waals surface area contributed by atoms with Gasteiger partial charge in [-0.25, -0.2) is 0 Å². The lowest BCUT2D eigenvalue weighted by Crippen LogP contribution is -2.05. The Bertz CT molecular complexity index is 550. The van der Waals surface area contributed by atoms with E-state index in [9.17, 15) is 0 Å². The van der Waals surface area contributed by atoms with E-state index in [2.05, 4.69) is 72.2 Å². The SMILES string of the molecule is Cc1cc(NCc2ccn(C(C)C)n2)cc(C)c1Br. The summed E-state index contributed by atoms with van der Waals surface area (Å²) in [7, 11) is 0. The molecule has 2 aromatic rings. The van der Waals surface area contributed by atoms with Gasteiger partial charge >= 0.3 is 0 Å². The van der Waals surface area contributed by atoms with E-state index < -0.39 is 0 Å². The van der Waals surface area contributed by atoms with Crippen molar-refractivity contribution in [1.82, 2.24) is 9.78 Å². The number of nitrogens with one attached hydrogen (secondary N) is 1. The van der Waals surface area contributed by atoms with Crippen molar-refractivity contribution in [2.45, 2.75) is 40.3 Å². The average molecular weight is 322 g/mol. The van der Waals surface area contributed by atoms with Gasteiger partial charge in [0.2, 0.25) is 0 Å². The first-order chi connectivity index (χ1) is 8.97. The minimum absolute atomic E-state index is 0.408. The van der Waals surface area contributed by atoms with Crippen molar-refractivity contribution < 1.29 is 0 Å². The highest BCUT2D eigenvalue weighted by Gasteiger charge is 2.04. The molecule has 0 unspecified atom stereocenters. The topological polar surface area (TPSA) is 29.9 Å². The number of anilines is 1. The van der Waals surface area contributed by atoms with Gasteiger partial charge in [-0.05, 0) is 57.0 Å². The molecule has 3 nitrogen and oxygen atoms in total. The van der Waals surface area contributed by atoms with Gasteiger partial charge in [-0.15, -0.1) is 0 Å². The van der Waals surface area contributed by atoms with Crippen LogP contribution < -0.4 is 5.32 Å². The van der Waals surface area contributed by atoms with Crippen molar-refractivity contribution in [2.24, 2.45) is 0 Å². The third-order valence-corrected chi connectivity index (χ3v) is 4.35. The van der Waals surface area contributed by atoms with Crippen LogP contribution in [-0.4, -0.2) is 9.78 Å². The normalized spacial score (nSPS) is 11.1. The van der Waals surface area contributed by atoms with E-state index in [1.54, 1.807) is 0 Å². The van der Waals surface area contributed by atoms with Crippen molar-refractivity contribution in [2.75, 3.05) is 5.32 Å². The van der Waals surface area contributed by atoms with Crippen LogP contribution >= 0.6 is 15.9 Å². The Morgan fingerprint density at radius 1 is 1.26 bits per heavy atom. The fraction of sp³-hybridized carbons (Fsp3) is 0.400. The van der Waals surface area contributed by atoms with Crippen molar-refractivity contribution in [3.8, 4) is 0 Å². The molecule has 0 aliphatic rings. The minimum atomic E-state index is 0.408. The van der Waals surface area contributed by atoms with E-state index in [0.29, 0.717) is 6.04 Å². The van der Waals surface area contributed by atoms with E-state index in [1.165, 1.54) is 15.6 Å². The maximum absolute atomic E-state index is 4.53. The van der Waals surface area contributed by atoms with E-state index >= 15 is 0 Å². The van der Waals surface area contributed by atoms with E-state index in [-0.39, 0.29) is 0 Å². The van der Waals surface area contributed by atoms with Crippen LogP contribution in [0.1, 0.15) is 36.7 Å². The predicted octanol–water partition coefficient (Wildman–Crippen LogP) is 4.46. The second-order valence-electron chi connectivity index (χ2n) is 5.16. The van der Waals surface area contributed by atoms with Crippen LogP contribution in [0, 0.1) is 13.8 Å². The Morgan fingerprint density at radius 2 is 1.89 bits per heavy atom. The number of hydrogen-bond acceptors (Lipinski definition) is 2. The molecule has 0 saturated heterocycles. The van der Waals surface area contributed by atoms with Gasteiger partial charge in [-0.3, -0.25) is 4.68 Å². The van der Waals surface area contributed by atoms with Crippen LogP contribution in [-0.2, 0) is 6.54 Å². The molecule has 1 N–H and O–H groups in total. The molecule has 0 amide bonds. The smallest absolute Gasteiger partial charge is 0.0815 e. The Morgan fingerprint density at radius 3 is 2.42 bits per heavy atom. The molecule has 102 valence electrons. The monoisotopic (exact) mass is 321 g/mol.